The summed E-state index contributed by atoms with van der Waals surface area (Å²) in [5, 5.41) is 3.43. The van der Waals surface area contributed by atoms with E-state index in [1.807, 2.05) is 0 Å². The minimum atomic E-state index is -0.0751. The summed E-state index contributed by atoms with van der Waals surface area (Å²) < 4.78 is 11.1. The maximum Gasteiger partial charge on any atom is 0.0671 e. The Kier molecular flexibility index (Phi) is 9.79. The van der Waals surface area contributed by atoms with Gasteiger partial charge in [-0.3, -0.25) is 0 Å². The Morgan fingerprint density at radius 3 is 2.53 bits per heavy atom. The first-order chi connectivity index (χ1) is 8.02. The number of unbranched alkanes of at least 4 members (excludes halogenated alkanes) is 2. The molecule has 0 aromatic carbocycles. The van der Waals surface area contributed by atoms with E-state index < -0.39 is 0 Å². The predicted octanol–water partition coefficient (Wildman–Crippen LogP) is 2.99. The molecule has 0 saturated heterocycles. The van der Waals surface area contributed by atoms with Crippen LogP contribution < -0.4 is 5.32 Å². The van der Waals surface area contributed by atoms with Crippen molar-refractivity contribution in [3.05, 3.63) is 0 Å². The summed E-state index contributed by atoms with van der Waals surface area (Å²) in [7, 11) is 1.75. The standard InChI is InChI=1S/C14H31NO2/c1-6-7-8-10-15-12-13(2)17-11-9-14(3,4)16-5/h13,15H,6-12H2,1-5H3. The number of ether oxygens (including phenoxy) is 2. The van der Waals surface area contributed by atoms with E-state index in [0.29, 0.717) is 0 Å². The Morgan fingerprint density at radius 1 is 1.24 bits per heavy atom. The van der Waals surface area contributed by atoms with Crippen molar-refractivity contribution in [3.8, 4) is 0 Å². The van der Waals surface area contributed by atoms with E-state index in [4.69, 9.17) is 9.47 Å². The molecule has 0 amide bonds. The van der Waals surface area contributed by atoms with E-state index in [1.54, 1.807) is 7.11 Å². The number of hydrogen-bond acceptors (Lipinski definition) is 3. The summed E-state index contributed by atoms with van der Waals surface area (Å²) in [6.07, 6.45) is 5.07. The minimum absolute atomic E-state index is 0.0751. The molecule has 0 aliphatic heterocycles. The molecule has 1 atom stereocenters. The Morgan fingerprint density at radius 2 is 1.94 bits per heavy atom. The van der Waals surface area contributed by atoms with E-state index in [2.05, 4.69) is 33.0 Å². The van der Waals surface area contributed by atoms with E-state index in [1.165, 1.54) is 19.3 Å². The molecule has 0 radical (unpaired) electrons. The molecule has 104 valence electrons. The van der Waals surface area contributed by atoms with E-state index >= 15 is 0 Å². The first kappa shape index (κ1) is 16.9. The molecule has 1 unspecified atom stereocenters. The molecule has 0 spiro atoms. The quantitative estimate of drug-likeness (QED) is 0.568. The van der Waals surface area contributed by atoms with E-state index in [-0.39, 0.29) is 11.7 Å². The SMILES string of the molecule is CCCCCNCC(C)OCCC(C)(C)OC. The number of nitrogens with one attached hydrogen (secondary N) is 1. The molecular weight excluding hydrogens is 214 g/mol. The van der Waals surface area contributed by atoms with E-state index in [9.17, 15) is 0 Å². The molecule has 0 rings (SSSR count). The van der Waals surface area contributed by atoms with Crippen LogP contribution in [0, 0.1) is 0 Å². The molecule has 3 heteroatoms. The molecule has 0 bridgehead atoms. The van der Waals surface area contributed by atoms with Gasteiger partial charge in [-0.25, -0.2) is 0 Å². The van der Waals surface area contributed by atoms with Crippen molar-refractivity contribution in [1.82, 2.24) is 5.32 Å². The largest absolute Gasteiger partial charge is 0.379 e. The van der Waals surface area contributed by atoms with E-state index in [0.717, 1.165) is 26.1 Å². The highest BCUT2D eigenvalue weighted by Gasteiger charge is 2.16. The average molecular weight is 245 g/mol. The lowest BCUT2D eigenvalue weighted by Gasteiger charge is -2.23. The van der Waals surface area contributed by atoms with Crippen LogP contribution in [0.4, 0.5) is 0 Å². The lowest BCUT2D eigenvalue weighted by atomic mass is 10.1. The minimum Gasteiger partial charge on any atom is -0.379 e. The lowest BCUT2D eigenvalue weighted by molar-refractivity contribution is -0.0229. The van der Waals surface area contributed by atoms with Crippen molar-refractivity contribution in [2.45, 2.75) is 65.1 Å². The van der Waals surface area contributed by atoms with Crippen LogP contribution >= 0.6 is 0 Å². The van der Waals surface area contributed by atoms with Crippen molar-refractivity contribution in [2.75, 3.05) is 26.8 Å². The Hall–Kier alpha value is -0.120. The molecule has 0 aromatic rings. The Bertz CT molecular complexity index is 172. The molecule has 0 fully saturated rings. The van der Waals surface area contributed by atoms with Crippen LogP contribution in [0.1, 0.15) is 53.4 Å². The maximum atomic E-state index is 5.74. The molecule has 17 heavy (non-hydrogen) atoms. The second-order valence-corrected chi connectivity index (χ2v) is 5.31. The van der Waals surface area contributed by atoms with Gasteiger partial charge in [-0.2, -0.15) is 0 Å². The van der Waals surface area contributed by atoms with Gasteiger partial charge >= 0.3 is 0 Å². The van der Waals surface area contributed by atoms with Gasteiger partial charge in [0.1, 0.15) is 0 Å². The summed E-state index contributed by atoms with van der Waals surface area (Å²) in [5.74, 6) is 0. The third-order valence-electron chi connectivity index (χ3n) is 3.05. The molecule has 0 heterocycles. The first-order valence-electron chi connectivity index (χ1n) is 6.89. The highest BCUT2D eigenvalue weighted by atomic mass is 16.5. The van der Waals surface area contributed by atoms with Crippen LogP contribution in [0.5, 0.6) is 0 Å². The molecule has 0 aromatic heterocycles. The third kappa shape index (κ3) is 10.7. The first-order valence-corrected chi connectivity index (χ1v) is 6.89. The van der Waals surface area contributed by atoms with Gasteiger partial charge in [-0.15, -0.1) is 0 Å². The molecule has 0 aliphatic rings. The van der Waals surface area contributed by atoms with Gasteiger partial charge in [-0.1, -0.05) is 19.8 Å². The number of methoxy groups -OCH3 is 1. The molecule has 1 N–H and O–H groups in total. The topological polar surface area (TPSA) is 30.5 Å². The van der Waals surface area contributed by atoms with Crippen LogP contribution in [-0.2, 0) is 9.47 Å². The normalized spacial score (nSPS) is 13.9. The van der Waals surface area contributed by atoms with Gasteiger partial charge in [0.05, 0.1) is 11.7 Å². The van der Waals surface area contributed by atoms with Crippen LogP contribution in [-0.4, -0.2) is 38.5 Å². The van der Waals surface area contributed by atoms with Crippen molar-refractivity contribution in [2.24, 2.45) is 0 Å². The van der Waals surface area contributed by atoms with Gasteiger partial charge < -0.3 is 14.8 Å². The summed E-state index contributed by atoms with van der Waals surface area (Å²) in [4.78, 5) is 0. The highest BCUT2D eigenvalue weighted by molar-refractivity contribution is 4.67. The van der Waals surface area contributed by atoms with Crippen LogP contribution in [0.15, 0.2) is 0 Å². The van der Waals surface area contributed by atoms with Gasteiger partial charge in [0.25, 0.3) is 0 Å². The van der Waals surface area contributed by atoms with Crippen LogP contribution in [0.2, 0.25) is 0 Å². The summed E-state index contributed by atoms with van der Waals surface area (Å²) >= 11 is 0. The zero-order valence-corrected chi connectivity index (χ0v) is 12.3. The van der Waals surface area contributed by atoms with Gasteiger partial charge in [-0.05, 0) is 40.2 Å². The van der Waals surface area contributed by atoms with Crippen LogP contribution in [0.25, 0.3) is 0 Å². The zero-order chi connectivity index (χ0) is 13.1. The fourth-order valence-electron chi connectivity index (χ4n) is 1.47. The fourth-order valence-corrected chi connectivity index (χ4v) is 1.47. The molecule has 0 saturated carbocycles. The number of hydrogen-bond donors (Lipinski definition) is 1. The summed E-state index contributed by atoms with van der Waals surface area (Å²) in [6, 6.07) is 0. The predicted molar refractivity (Wildman–Crippen MR) is 73.5 cm³/mol. The fraction of sp³-hybridized carbons (Fsp3) is 1.00. The summed E-state index contributed by atoms with van der Waals surface area (Å²) in [5.41, 5.74) is -0.0751. The average Bonchev–Trinajstić information content (AvgIpc) is 2.28. The molecular formula is C14H31NO2. The Labute approximate surface area is 107 Å². The molecule has 3 nitrogen and oxygen atoms in total. The third-order valence-corrected chi connectivity index (χ3v) is 3.05. The second-order valence-electron chi connectivity index (χ2n) is 5.31. The van der Waals surface area contributed by atoms with Crippen molar-refractivity contribution in [1.29, 1.82) is 0 Å². The Balaban J connectivity index is 3.37. The molecule has 0 aliphatic carbocycles. The van der Waals surface area contributed by atoms with Gasteiger partial charge in [0.2, 0.25) is 0 Å². The zero-order valence-electron chi connectivity index (χ0n) is 12.3. The van der Waals surface area contributed by atoms with Gasteiger partial charge in [0, 0.05) is 20.3 Å². The summed E-state index contributed by atoms with van der Waals surface area (Å²) in [6.45, 7) is 11.3. The smallest absolute Gasteiger partial charge is 0.0671 e. The van der Waals surface area contributed by atoms with Crippen LogP contribution in [0.3, 0.4) is 0 Å². The van der Waals surface area contributed by atoms with Crippen molar-refractivity contribution >= 4 is 0 Å². The monoisotopic (exact) mass is 245 g/mol. The highest BCUT2D eigenvalue weighted by Crippen LogP contribution is 2.12. The van der Waals surface area contributed by atoms with Gasteiger partial charge in [0.15, 0.2) is 0 Å². The number of rotatable bonds is 11. The van der Waals surface area contributed by atoms with Crippen molar-refractivity contribution in [3.63, 3.8) is 0 Å². The van der Waals surface area contributed by atoms with Crippen molar-refractivity contribution < 1.29 is 9.47 Å². The maximum absolute atomic E-state index is 5.74. The second kappa shape index (κ2) is 9.86. The lowest BCUT2D eigenvalue weighted by Crippen LogP contribution is -2.30.